The molecule has 0 aliphatic heterocycles. The molecule has 1 aromatic carbocycles. The molecule has 11 nitrogen and oxygen atoms in total. The third-order valence-electron chi connectivity index (χ3n) is 4.37. The second kappa shape index (κ2) is 8.51. The lowest BCUT2D eigenvalue weighted by Gasteiger charge is -2.19. The van der Waals surface area contributed by atoms with E-state index in [0.29, 0.717) is 23.1 Å². The molecule has 0 spiro atoms. The van der Waals surface area contributed by atoms with Crippen LogP contribution in [0, 0.1) is 10.1 Å². The Morgan fingerprint density at radius 1 is 1.33 bits per heavy atom. The summed E-state index contributed by atoms with van der Waals surface area (Å²) in [7, 11) is 5.05. The number of anilines is 1. The number of nitro benzene ring substituents is 1. The van der Waals surface area contributed by atoms with Crippen molar-refractivity contribution in [2.24, 2.45) is 0 Å². The third-order valence-corrected chi connectivity index (χ3v) is 4.58. The molecule has 0 saturated carbocycles. The molecule has 30 heavy (non-hydrogen) atoms. The normalized spacial score (nSPS) is 11.1. The van der Waals surface area contributed by atoms with Gasteiger partial charge in [-0.1, -0.05) is 11.6 Å². The highest BCUT2D eigenvalue weighted by atomic mass is 35.5. The van der Waals surface area contributed by atoms with Crippen molar-refractivity contribution in [1.82, 2.24) is 19.7 Å². The number of ether oxygens (including phenoxy) is 1. The van der Waals surface area contributed by atoms with Gasteiger partial charge in [0, 0.05) is 31.4 Å². The molecule has 0 bridgehead atoms. The van der Waals surface area contributed by atoms with Crippen molar-refractivity contribution in [2.45, 2.75) is 0 Å². The van der Waals surface area contributed by atoms with Crippen LogP contribution < -0.4 is 9.64 Å². The fourth-order valence-corrected chi connectivity index (χ4v) is 3.05. The van der Waals surface area contributed by atoms with Crippen molar-refractivity contribution in [1.29, 1.82) is 0 Å². The van der Waals surface area contributed by atoms with Crippen LogP contribution in [0.1, 0.15) is 0 Å². The molecule has 0 aliphatic rings. The summed E-state index contributed by atoms with van der Waals surface area (Å²) in [6.07, 6.45) is 0.272. The van der Waals surface area contributed by atoms with Crippen LogP contribution in [0.5, 0.6) is 5.75 Å². The number of methoxy groups -OCH3 is 1. The highest BCUT2D eigenvalue weighted by Gasteiger charge is 2.24. The second-order valence-corrected chi connectivity index (χ2v) is 7.00. The molecule has 3 aromatic rings. The molecule has 3 rings (SSSR count). The second-order valence-electron chi connectivity index (χ2n) is 6.61. The topological polar surface area (TPSA) is 127 Å². The standard InChI is InChI=1S/C18H19ClN6O5/c1-22(2)6-7-23(18(26)27)17-12-10-20-16(19)9-14(12)24(21-17)13-5-4-11(25(28)29)8-15(13)30-3/h4-5,8-10H,6-7H2,1-3H3,(H,26,27). The summed E-state index contributed by atoms with van der Waals surface area (Å²) in [5, 5.41) is 26.0. The highest BCUT2D eigenvalue weighted by Crippen LogP contribution is 2.34. The molecule has 0 atom stereocenters. The van der Waals surface area contributed by atoms with Crippen LogP contribution in [-0.4, -0.2) is 70.1 Å². The molecule has 2 heterocycles. The number of carbonyl (C=O) groups is 1. The Bertz CT molecular complexity index is 1120. The fourth-order valence-electron chi connectivity index (χ4n) is 2.90. The van der Waals surface area contributed by atoms with Crippen LogP contribution in [0.15, 0.2) is 30.5 Å². The molecule has 2 aromatic heterocycles. The van der Waals surface area contributed by atoms with E-state index in [1.165, 1.54) is 36.2 Å². The van der Waals surface area contributed by atoms with Gasteiger partial charge in [-0.05, 0) is 20.2 Å². The minimum Gasteiger partial charge on any atom is -0.494 e. The van der Waals surface area contributed by atoms with Crippen LogP contribution in [0.2, 0.25) is 5.15 Å². The molecule has 1 amide bonds. The zero-order valence-electron chi connectivity index (χ0n) is 16.4. The van der Waals surface area contributed by atoms with Crippen molar-refractivity contribution in [3.63, 3.8) is 0 Å². The van der Waals surface area contributed by atoms with Gasteiger partial charge in [0.25, 0.3) is 5.69 Å². The van der Waals surface area contributed by atoms with E-state index in [1.54, 1.807) is 6.07 Å². The molecule has 0 aliphatic carbocycles. The lowest BCUT2D eigenvalue weighted by Crippen LogP contribution is -2.36. The largest absolute Gasteiger partial charge is 0.494 e. The number of carboxylic acid groups (broad SMARTS) is 1. The monoisotopic (exact) mass is 434 g/mol. The van der Waals surface area contributed by atoms with Crippen LogP contribution in [0.4, 0.5) is 16.3 Å². The Balaban J connectivity index is 2.23. The van der Waals surface area contributed by atoms with Gasteiger partial charge >= 0.3 is 6.09 Å². The maximum Gasteiger partial charge on any atom is 0.413 e. The Hall–Kier alpha value is -3.44. The molecule has 0 fully saturated rings. The fraction of sp³-hybridized carbons (Fsp3) is 0.278. The molecule has 0 unspecified atom stereocenters. The Morgan fingerprint density at radius 2 is 2.07 bits per heavy atom. The van der Waals surface area contributed by atoms with Crippen LogP contribution in [0.25, 0.3) is 16.6 Å². The minimum atomic E-state index is -1.17. The van der Waals surface area contributed by atoms with E-state index >= 15 is 0 Å². The first-order valence-electron chi connectivity index (χ1n) is 8.75. The lowest BCUT2D eigenvalue weighted by atomic mass is 10.2. The maximum atomic E-state index is 11.9. The van der Waals surface area contributed by atoms with Crippen LogP contribution in [0.3, 0.4) is 0 Å². The Morgan fingerprint density at radius 3 is 2.67 bits per heavy atom. The van der Waals surface area contributed by atoms with Crippen molar-refractivity contribution >= 4 is 40.1 Å². The van der Waals surface area contributed by atoms with E-state index in [4.69, 9.17) is 16.3 Å². The number of aromatic nitrogens is 3. The molecule has 0 saturated heterocycles. The lowest BCUT2D eigenvalue weighted by molar-refractivity contribution is -0.384. The average molecular weight is 435 g/mol. The summed E-state index contributed by atoms with van der Waals surface area (Å²) in [5.41, 5.74) is 0.720. The number of hydrogen-bond donors (Lipinski definition) is 1. The number of fused-ring (bicyclic) bond motifs is 1. The SMILES string of the molecule is COc1cc([N+](=O)[O-])ccc1-n1nc(N(CCN(C)C)C(=O)O)c2cnc(Cl)cc21. The van der Waals surface area contributed by atoms with Crippen molar-refractivity contribution in [3.8, 4) is 11.4 Å². The predicted octanol–water partition coefficient (Wildman–Crippen LogP) is 3.04. The zero-order valence-corrected chi connectivity index (χ0v) is 17.2. The minimum absolute atomic E-state index is 0.148. The van der Waals surface area contributed by atoms with E-state index in [-0.39, 0.29) is 29.0 Å². The summed E-state index contributed by atoms with van der Waals surface area (Å²) >= 11 is 6.06. The number of non-ortho nitro benzene ring substituents is 1. The number of hydrogen-bond acceptors (Lipinski definition) is 7. The molecule has 12 heteroatoms. The number of likely N-dealkylation sites (N-methyl/N-ethyl adjacent to an activating group) is 1. The predicted molar refractivity (Wildman–Crippen MR) is 111 cm³/mol. The summed E-state index contributed by atoms with van der Waals surface area (Å²) in [4.78, 5) is 29.5. The van der Waals surface area contributed by atoms with E-state index in [0.717, 1.165) is 4.90 Å². The summed E-state index contributed by atoms with van der Waals surface area (Å²) in [6, 6.07) is 5.60. The first-order chi connectivity index (χ1) is 14.2. The quantitative estimate of drug-likeness (QED) is 0.341. The van der Waals surface area contributed by atoms with Gasteiger partial charge < -0.3 is 14.7 Å². The van der Waals surface area contributed by atoms with Gasteiger partial charge in [-0.15, -0.1) is 5.10 Å². The number of nitrogens with zero attached hydrogens (tertiary/aromatic N) is 6. The summed E-state index contributed by atoms with van der Waals surface area (Å²) < 4.78 is 6.75. The number of pyridine rings is 1. The zero-order chi connectivity index (χ0) is 22.0. The van der Waals surface area contributed by atoms with Gasteiger partial charge in [-0.25, -0.2) is 14.5 Å². The van der Waals surface area contributed by atoms with Crippen molar-refractivity contribution in [2.75, 3.05) is 39.2 Å². The average Bonchev–Trinajstić information content (AvgIpc) is 3.05. The van der Waals surface area contributed by atoms with E-state index in [2.05, 4.69) is 10.1 Å². The van der Waals surface area contributed by atoms with Crippen LogP contribution >= 0.6 is 11.6 Å². The molecular formula is C18H19ClN6O5. The van der Waals surface area contributed by atoms with E-state index in [1.807, 2.05) is 19.0 Å². The van der Waals surface area contributed by atoms with Gasteiger partial charge in [-0.3, -0.25) is 15.0 Å². The first-order valence-corrected chi connectivity index (χ1v) is 9.13. The molecule has 0 radical (unpaired) electrons. The summed E-state index contributed by atoms with van der Waals surface area (Å²) in [6.45, 7) is 0.650. The van der Waals surface area contributed by atoms with Gasteiger partial charge in [0.15, 0.2) is 11.6 Å². The van der Waals surface area contributed by atoms with Crippen LogP contribution in [-0.2, 0) is 0 Å². The maximum absolute atomic E-state index is 11.9. The van der Waals surface area contributed by atoms with Crippen molar-refractivity contribution < 1.29 is 19.6 Å². The summed E-state index contributed by atoms with van der Waals surface area (Å²) in [5.74, 6) is 0.368. The first kappa shape index (κ1) is 21.3. The van der Waals surface area contributed by atoms with E-state index < -0.39 is 11.0 Å². The van der Waals surface area contributed by atoms with Gasteiger partial charge in [0.2, 0.25) is 0 Å². The van der Waals surface area contributed by atoms with Crippen molar-refractivity contribution in [3.05, 3.63) is 45.7 Å². The number of nitro groups is 1. The third kappa shape index (κ3) is 4.11. The Kier molecular flexibility index (Phi) is 6.04. The number of benzene rings is 1. The molecule has 158 valence electrons. The number of halogens is 1. The smallest absolute Gasteiger partial charge is 0.413 e. The van der Waals surface area contributed by atoms with E-state index in [9.17, 15) is 20.0 Å². The molecule has 1 N–H and O–H groups in total. The number of rotatable bonds is 7. The Labute approximate surface area is 176 Å². The van der Waals surface area contributed by atoms with Gasteiger partial charge in [0.1, 0.15) is 10.8 Å². The molecular weight excluding hydrogens is 416 g/mol. The number of amides is 1. The highest BCUT2D eigenvalue weighted by molar-refractivity contribution is 6.30. The van der Waals surface area contributed by atoms with Gasteiger partial charge in [-0.2, -0.15) is 0 Å². The van der Waals surface area contributed by atoms with Gasteiger partial charge in [0.05, 0.1) is 29.0 Å².